The minimum atomic E-state index is -0.403. The number of nitrogens with one attached hydrogen (secondary N) is 1. The predicted molar refractivity (Wildman–Crippen MR) is 118 cm³/mol. The zero-order chi connectivity index (χ0) is 20.7. The average molecular weight is 419 g/mol. The largest absolute Gasteiger partial charge is 0.488 e. The lowest BCUT2D eigenvalue weighted by molar-refractivity contribution is -0.123. The van der Waals surface area contributed by atoms with Crippen LogP contribution in [0.2, 0.25) is 5.02 Å². The van der Waals surface area contributed by atoms with E-state index in [1.165, 1.54) is 0 Å². The molecular formula is C25H23ClN2O2. The first-order valence-corrected chi connectivity index (χ1v) is 10.7. The Morgan fingerprint density at radius 2 is 2.00 bits per heavy atom. The molecule has 1 aliphatic carbocycles. The second-order valence-corrected chi connectivity index (χ2v) is 8.67. The van der Waals surface area contributed by atoms with Gasteiger partial charge in [0.1, 0.15) is 11.9 Å². The molecule has 3 aromatic rings. The minimum absolute atomic E-state index is 0.0509. The zero-order valence-corrected chi connectivity index (χ0v) is 17.6. The van der Waals surface area contributed by atoms with Crippen molar-refractivity contribution < 1.29 is 9.53 Å². The van der Waals surface area contributed by atoms with Gasteiger partial charge in [0.15, 0.2) is 0 Å². The van der Waals surface area contributed by atoms with Crippen molar-refractivity contribution in [3.8, 4) is 17.0 Å². The van der Waals surface area contributed by atoms with Gasteiger partial charge in [-0.25, -0.2) is 0 Å². The molecule has 1 saturated carbocycles. The van der Waals surface area contributed by atoms with Crippen LogP contribution in [-0.2, 0) is 16.6 Å². The van der Waals surface area contributed by atoms with Crippen LogP contribution in [0.4, 0.5) is 0 Å². The first-order valence-electron chi connectivity index (χ1n) is 10.3. The molecule has 0 unspecified atom stereocenters. The van der Waals surface area contributed by atoms with Crippen LogP contribution in [0.15, 0.2) is 60.8 Å². The van der Waals surface area contributed by atoms with Gasteiger partial charge >= 0.3 is 0 Å². The van der Waals surface area contributed by atoms with Crippen molar-refractivity contribution in [2.24, 2.45) is 0 Å². The smallest absolute Gasteiger partial charge is 0.230 e. The third-order valence-electron chi connectivity index (χ3n) is 6.16. The number of carbonyl (C=O) groups excluding carboxylic acids is 1. The zero-order valence-electron chi connectivity index (χ0n) is 16.8. The van der Waals surface area contributed by atoms with Crippen molar-refractivity contribution in [2.75, 3.05) is 6.54 Å². The summed E-state index contributed by atoms with van der Waals surface area (Å²) >= 11 is 5.99. The number of hydrogen-bond acceptors (Lipinski definition) is 3. The van der Waals surface area contributed by atoms with Gasteiger partial charge in [-0.1, -0.05) is 29.8 Å². The number of carbonyl (C=O) groups is 1. The lowest BCUT2D eigenvalue weighted by atomic mass is 9.95. The molecule has 152 valence electrons. The number of pyridine rings is 1. The summed E-state index contributed by atoms with van der Waals surface area (Å²) in [6, 6.07) is 17.8. The molecule has 4 nitrogen and oxygen atoms in total. The van der Waals surface area contributed by atoms with Crippen LogP contribution >= 0.6 is 11.6 Å². The van der Waals surface area contributed by atoms with E-state index in [2.05, 4.69) is 35.4 Å². The van der Waals surface area contributed by atoms with Gasteiger partial charge in [0, 0.05) is 23.2 Å². The van der Waals surface area contributed by atoms with Crippen molar-refractivity contribution in [1.29, 1.82) is 0 Å². The normalized spacial score (nSPS) is 18.4. The van der Waals surface area contributed by atoms with Crippen molar-refractivity contribution in [3.63, 3.8) is 0 Å². The number of halogens is 1. The summed E-state index contributed by atoms with van der Waals surface area (Å²) in [4.78, 5) is 17.4. The number of rotatable bonds is 5. The van der Waals surface area contributed by atoms with E-state index in [-0.39, 0.29) is 12.0 Å². The highest BCUT2D eigenvalue weighted by Gasteiger charge is 2.51. The molecule has 1 aliphatic heterocycles. The molecule has 0 bridgehead atoms. The molecule has 5 heteroatoms. The summed E-state index contributed by atoms with van der Waals surface area (Å²) < 4.78 is 6.08. The molecule has 30 heavy (non-hydrogen) atoms. The van der Waals surface area contributed by atoms with Gasteiger partial charge in [0.25, 0.3) is 0 Å². The fourth-order valence-corrected chi connectivity index (χ4v) is 4.41. The highest BCUT2D eigenvalue weighted by Crippen LogP contribution is 2.48. The van der Waals surface area contributed by atoms with E-state index < -0.39 is 5.41 Å². The maximum absolute atomic E-state index is 12.9. The monoisotopic (exact) mass is 418 g/mol. The van der Waals surface area contributed by atoms with Gasteiger partial charge < -0.3 is 10.1 Å². The quantitative estimate of drug-likeness (QED) is 0.643. The number of nitrogens with zero attached hydrogens (tertiary/aromatic N) is 1. The van der Waals surface area contributed by atoms with Crippen molar-refractivity contribution in [2.45, 2.75) is 37.7 Å². The van der Waals surface area contributed by atoms with Crippen molar-refractivity contribution in [3.05, 3.63) is 82.5 Å². The number of amides is 1. The van der Waals surface area contributed by atoms with Gasteiger partial charge in [-0.15, -0.1) is 0 Å². The SMILES string of the molecule is Cc1cccnc1-c1ccc2c(c1)C[C@H](CNC(=O)C1(c3ccc(Cl)cc3)CC1)O2. The Kier molecular flexibility index (Phi) is 4.75. The lowest BCUT2D eigenvalue weighted by Gasteiger charge is -2.18. The summed E-state index contributed by atoms with van der Waals surface area (Å²) in [7, 11) is 0. The summed E-state index contributed by atoms with van der Waals surface area (Å²) in [5.74, 6) is 0.972. The predicted octanol–water partition coefficient (Wildman–Crippen LogP) is 4.86. The van der Waals surface area contributed by atoms with Gasteiger partial charge in [-0.2, -0.15) is 0 Å². The molecule has 1 amide bonds. The van der Waals surface area contributed by atoms with Crippen LogP contribution in [0.3, 0.4) is 0 Å². The molecule has 2 aromatic carbocycles. The van der Waals surface area contributed by atoms with E-state index in [0.717, 1.165) is 53.0 Å². The molecule has 1 fully saturated rings. The molecule has 1 N–H and O–H groups in total. The number of ether oxygens (including phenoxy) is 1. The molecule has 1 atom stereocenters. The van der Waals surface area contributed by atoms with Crippen molar-refractivity contribution in [1.82, 2.24) is 10.3 Å². The van der Waals surface area contributed by atoms with Gasteiger partial charge in [-0.05, 0) is 72.9 Å². The Morgan fingerprint density at radius 1 is 1.20 bits per heavy atom. The second kappa shape index (κ2) is 7.44. The third kappa shape index (κ3) is 3.46. The Bertz CT molecular complexity index is 1110. The maximum atomic E-state index is 12.9. The Morgan fingerprint density at radius 3 is 2.73 bits per heavy atom. The number of hydrogen-bond donors (Lipinski definition) is 1. The molecule has 5 rings (SSSR count). The van der Waals surface area contributed by atoms with Gasteiger partial charge in [-0.3, -0.25) is 9.78 Å². The molecule has 0 saturated heterocycles. The van der Waals surface area contributed by atoms with E-state index >= 15 is 0 Å². The molecule has 0 radical (unpaired) electrons. The van der Waals surface area contributed by atoms with Gasteiger partial charge in [0.2, 0.25) is 5.91 Å². The molecular weight excluding hydrogens is 396 g/mol. The fraction of sp³-hybridized carbons (Fsp3) is 0.280. The molecule has 0 spiro atoms. The van der Waals surface area contributed by atoms with Crippen LogP contribution in [-0.4, -0.2) is 23.5 Å². The van der Waals surface area contributed by atoms with Crippen LogP contribution in [0, 0.1) is 6.92 Å². The van der Waals surface area contributed by atoms with Crippen LogP contribution in [0.5, 0.6) is 5.75 Å². The van der Waals surface area contributed by atoms with E-state index in [9.17, 15) is 4.79 Å². The lowest BCUT2D eigenvalue weighted by Crippen LogP contribution is -2.40. The highest BCUT2D eigenvalue weighted by molar-refractivity contribution is 6.30. The average Bonchev–Trinajstić information content (AvgIpc) is 3.46. The van der Waals surface area contributed by atoms with Crippen LogP contribution in [0.25, 0.3) is 11.3 Å². The fourth-order valence-electron chi connectivity index (χ4n) is 4.29. The van der Waals surface area contributed by atoms with Crippen molar-refractivity contribution >= 4 is 17.5 Å². The number of aromatic nitrogens is 1. The number of fused-ring (bicyclic) bond motifs is 1. The number of benzene rings is 2. The number of aryl methyl sites for hydroxylation is 1. The molecule has 2 aliphatic rings. The standard InChI is InChI=1S/C25H23ClN2O2/c1-16-3-2-12-27-23(16)17-4-9-22-18(13-17)14-21(30-22)15-28-24(29)25(10-11-25)19-5-7-20(26)8-6-19/h2-9,12-13,21H,10-11,14-15H2,1H3,(H,28,29)/t21-/m1/s1. The third-order valence-corrected chi connectivity index (χ3v) is 6.41. The van der Waals surface area contributed by atoms with Crippen LogP contribution in [0.1, 0.15) is 29.5 Å². The second-order valence-electron chi connectivity index (χ2n) is 8.23. The summed E-state index contributed by atoms with van der Waals surface area (Å²) in [5.41, 5.74) is 5.04. The molecule has 1 aromatic heterocycles. The summed E-state index contributed by atoms with van der Waals surface area (Å²) in [6.07, 6.45) is 4.30. The first-order chi connectivity index (χ1) is 14.5. The Hall–Kier alpha value is -2.85. The Labute approximate surface area is 181 Å². The topological polar surface area (TPSA) is 51.2 Å². The summed E-state index contributed by atoms with van der Waals surface area (Å²) in [6.45, 7) is 2.57. The van der Waals surface area contributed by atoms with E-state index in [1.807, 2.05) is 42.6 Å². The highest BCUT2D eigenvalue weighted by atomic mass is 35.5. The van der Waals surface area contributed by atoms with E-state index in [1.54, 1.807) is 0 Å². The first kappa shape index (κ1) is 19.1. The summed E-state index contributed by atoms with van der Waals surface area (Å²) in [5, 5.41) is 3.81. The molecule has 2 heterocycles. The van der Waals surface area contributed by atoms with Gasteiger partial charge in [0.05, 0.1) is 17.7 Å². The minimum Gasteiger partial charge on any atom is -0.488 e. The van der Waals surface area contributed by atoms with Crippen LogP contribution < -0.4 is 10.1 Å². The van der Waals surface area contributed by atoms with E-state index in [0.29, 0.717) is 11.6 Å². The maximum Gasteiger partial charge on any atom is 0.230 e. The Balaban J connectivity index is 1.24. The van der Waals surface area contributed by atoms with E-state index in [4.69, 9.17) is 16.3 Å².